The molecule has 2 unspecified atom stereocenters. The van der Waals surface area contributed by atoms with Gasteiger partial charge in [0.2, 0.25) is 0 Å². The van der Waals surface area contributed by atoms with E-state index in [4.69, 9.17) is 0 Å². The Kier molecular flexibility index (Phi) is 4.71. The van der Waals surface area contributed by atoms with Crippen molar-refractivity contribution in [3.8, 4) is 0 Å². The average Bonchev–Trinajstić information content (AvgIpc) is 2.40. The number of carbonyl (C=O) groups excluding carboxylic acids is 1. The summed E-state index contributed by atoms with van der Waals surface area (Å²) in [6.45, 7) is 4.77. The van der Waals surface area contributed by atoms with Crippen molar-refractivity contribution < 1.29 is 4.79 Å². The van der Waals surface area contributed by atoms with Crippen molar-refractivity contribution in [1.82, 2.24) is 15.5 Å². The van der Waals surface area contributed by atoms with E-state index in [1.54, 1.807) is 6.07 Å². The van der Waals surface area contributed by atoms with Gasteiger partial charge in [-0.15, -0.1) is 10.2 Å². The first-order valence-corrected chi connectivity index (χ1v) is 7.07. The highest BCUT2D eigenvalue weighted by Crippen LogP contribution is 2.25. The molecule has 1 amide bonds. The molecular formula is C14H22N4O. The maximum atomic E-state index is 11.6. The number of carbonyl (C=O) groups is 1. The molecule has 0 spiro atoms. The molecule has 0 radical (unpaired) electrons. The van der Waals surface area contributed by atoms with E-state index in [0.717, 1.165) is 11.7 Å². The van der Waals surface area contributed by atoms with Crippen LogP contribution in [-0.4, -0.2) is 28.7 Å². The lowest BCUT2D eigenvalue weighted by atomic mass is 9.87. The van der Waals surface area contributed by atoms with Gasteiger partial charge in [-0.25, -0.2) is 0 Å². The number of nitrogens with one attached hydrogen (secondary N) is 2. The van der Waals surface area contributed by atoms with Gasteiger partial charge >= 0.3 is 0 Å². The average molecular weight is 262 g/mol. The fourth-order valence-corrected chi connectivity index (χ4v) is 2.56. The van der Waals surface area contributed by atoms with E-state index in [0.29, 0.717) is 18.3 Å². The van der Waals surface area contributed by atoms with Crippen LogP contribution in [0.4, 0.5) is 5.82 Å². The molecule has 19 heavy (non-hydrogen) atoms. The van der Waals surface area contributed by atoms with Crippen LogP contribution in [0, 0.1) is 5.92 Å². The molecule has 2 rings (SSSR count). The third-order valence-electron chi connectivity index (χ3n) is 3.52. The van der Waals surface area contributed by atoms with Crippen LogP contribution in [0.3, 0.4) is 0 Å². The third-order valence-corrected chi connectivity index (χ3v) is 3.52. The van der Waals surface area contributed by atoms with Crippen molar-refractivity contribution in [2.75, 3.05) is 11.9 Å². The molecule has 5 heteroatoms. The lowest BCUT2D eigenvalue weighted by molar-refractivity contribution is 0.0950. The number of amides is 1. The molecule has 1 heterocycles. The van der Waals surface area contributed by atoms with E-state index in [9.17, 15) is 4.79 Å². The number of hydrogen-bond acceptors (Lipinski definition) is 4. The van der Waals surface area contributed by atoms with E-state index in [1.807, 2.05) is 13.0 Å². The Balaban J connectivity index is 1.93. The molecule has 1 aliphatic rings. The standard InChI is InChI=1S/C14H22N4O/c1-3-15-14(19)12-7-8-13(18-17-12)16-11-6-4-5-10(2)9-11/h7-8,10-11H,3-6,9H2,1-2H3,(H,15,19)(H,16,18). The molecule has 1 fully saturated rings. The second-order valence-electron chi connectivity index (χ2n) is 5.28. The first kappa shape index (κ1) is 13.8. The molecule has 2 N–H and O–H groups in total. The number of aromatic nitrogens is 2. The fraction of sp³-hybridized carbons (Fsp3) is 0.643. The summed E-state index contributed by atoms with van der Waals surface area (Å²) in [6.07, 6.45) is 4.95. The van der Waals surface area contributed by atoms with Gasteiger partial charge in [-0.3, -0.25) is 4.79 Å². The molecule has 1 aromatic heterocycles. The van der Waals surface area contributed by atoms with Gasteiger partial charge in [0.15, 0.2) is 5.69 Å². The first-order valence-electron chi connectivity index (χ1n) is 7.07. The number of nitrogens with zero attached hydrogens (tertiary/aromatic N) is 2. The summed E-state index contributed by atoms with van der Waals surface area (Å²) in [6, 6.07) is 4.03. The summed E-state index contributed by atoms with van der Waals surface area (Å²) in [5.41, 5.74) is 0.365. The van der Waals surface area contributed by atoms with Crippen LogP contribution in [0.2, 0.25) is 0 Å². The largest absolute Gasteiger partial charge is 0.366 e. The molecule has 2 atom stereocenters. The first-order chi connectivity index (χ1) is 9.19. The Morgan fingerprint density at radius 2 is 2.21 bits per heavy atom. The van der Waals surface area contributed by atoms with Crippen molar-refractivity contribution in [3.05, 3.63) is 17.8 Å². The fourth-order valence-electron chi connectivity index (χ4n) is 2.56. The predicted octanol–water partition coefficient (Wildman–Crippen LogP) is 2.22. The smallest absolute Gasteiger partial charge is 0.271 e. The van der Waals surface area contributed by atoms with E-state index < -0.39 is 0 Å². The van der Waals surface area contributed by atoms with Gasteiger partial charge in [-0.05, 0) is 37.8 Å². The molecular weight excluding hydrogens is 240 g/mol. The Hall–Kier alpha value is -1.65. The van der Waals surface area contributed by atoms with Gasteiger partial charge < -0.3 is 10.6 Å². The number of anilines is 1. The van der Waals surface area contributed by atoms with E-state index >= 15 is 0 Å². The van der Waals surface area contributed by atoms with Crippen LogP contribution in [0.25, 0.3) is 0 Å². The summed E-state index contributed by atoms with van der Waals surface area (Å²) < 4.78 is 0. The van der Waals surface area contributed by atoms with Crippen LogP contribution in [-0.2, 0) is 0 Å². The normalized spacial score (nSPS) is 22.8. The monoisotopic (exact) mass is 262 g/mol. The summed E-state index contributed by atoms with van der Waals surface area (Å²) >= 11 is 0. The Bertz CT molecular complexity index is 418. The van der Waals surface area contributed by atoms with E-state index in [1.165, 1.54) is 25.7 Å². The van der Waals surface area contributed by atoms with Crippen LogP contribution in [0.1, 0.15) is 50.0 Å². The van der Waals surface area contributed by atoms with Gasteiger partial charge in [-0.1, -0.05) is 19.8 Å². The Labute approximate surface area is 114 Å². The maximum absolute atomic E-state index is 11.6. The molecule has 5 nitrogen and oxygen atoms in total. The number of hydrogen-bond donors (Lipinski definition) is 2. The second kappa shape index (κ2) is 6.50. The molecule has 1 saturated carbocycles. The van der Waals surface area contributed by atoms with Crippen molar-refractivity contribution in [1.29, 1.82) is 0 Å². The van der Waals surface area contributed by atoms with Crippen LogP contribution in [0.15, 0.2) is 12.1 Å². The van der Waals surface area contributed by atoms with Crippen molar-refractivity contribution in [2.45, 2.75) is 45.6 Å². The van der Waals surface area contributed by atoms with Crippen LogP contribution in [0.5, 0.6) is 0 Å². The van der Waals surface area contributed by atoms with E-state index in [2.05, 4.69) is 27.8 Å². The number of rotatable bonds is 4. The minimum Gasteiger partial charge on any atom is -0.366 e. The maximum Gasteiger partial charge on any atom is 0.271 e. The summed E-state index contributed by atoms with van der Waals surface area (Å²) in [7, 11) is 0. The highest BCUT2D eigenvalue weighted by Gasteiger charge is 2.19. The van der Waals surface area contributed by atoms with Crippen LogP contribution >= 0.6 is 0 Å². The Morgan fingerprint density at radius 3 is 2.84 bits per heavy atom. The van der Waals surface area contributed by atoms with Crippen molar-refractivity contribution in [3.63, 3.8) is 0 Å². The highest BCUT2D eigenvalue weighted by atomic mass is 16.1. The highest BCUT2D eigenvalue weighted by molar-refractivity contribution is 5.92. The van der Waals surface area contributed by atoms with Crippen molar-refractivity contribution in [2.24, 2.45) is 5.92 Å². The zero-order chi connectivity index (χ0) is 13.7. The van der Waals surface area contributed by atoms with Gasteiger partial charge in [-0.2, -0.15) is 0 Å². The molecule has 1 aliphatic carbocycles. The zero-order valence-electron chi connectivity index (χ0n) is 11.6. The minimum absolute atomic E-state index is 0.173. The third kappa shape index (κ3) is 3.91. The molecule has 0 bridgehead atoms. The SMILES string of the molecule is CCNC(=O)c1ccc(NC2CCCC(C)C2)nn1. The quantitative estimate of drug-likeness (QED) is 0.873. The zero-order valence-corrected chi connectivity index (χ0v) is 11.6. The van der Waals surface area contributed by atoms with Gasteiger partial charge in [0.1, 0.15) is 5.82 Å². The lowest BCUT2D eigenvalue weighted by Crippen LogP contribution is -2.27. The second-order valence-corrected chi connectivity index (χ2v) is 5.28. The lowest BCUT2D eigenvalue weighted by Gasteiger charge is -2.27. The van der Waals surface area contributed by atoms with E-state index in [-0.39, 0.29) is 5.91 Å². The van der Waals surface area contributed by atoms with Crippen LogP contribution < -0.4 is 10.6 Å². The Morgan fingerprint density at radius 1 is 1.37 bits per heavy atom. The molecule has 0 aliphatic heterocycles. The predicted molar refractivity (Wildman–Crippen MR) is 75.1 cm³/mol. The summed E-state index contributed by atoms with van der Waals surface area (Å²) in [5, 5.41) is 14.1. The van der Waals surface area contributed by atoms with Gasteiger partial charge in [0.05, 0.1) is 0 Å². The van der Waals surface area contributed by atoms with Crippen molar-refractivity contribution >= 4 is 11.7 Å². The topological polar surface area (TPSA) is 66.9 Å². The van der Waals surface area contributed by atoms with Gasteiger partial charge in [0.25, 0.3) is 5.91 Å². The molecule has 104 valence electrons. The molecule has 0 saturated heterocycles. The summed E-state index contributed by atoms with van der Waals surface area (Å²) in [4.78, 5) is 11.6. The molecule has 1 aromatic rings. The minimum atomic E-state index is -0.173. The molecule has 0 aromatic carbocycles. The summed E-state index contributed by atoms with van der Waals surface area (Å²) in [5.74, 6) is 1.36. The van der Waals surface area contributed by atoms with Gasteiger partial charge in [0, 0.05) is 12.6 Å².